The second-order valence-corrected chi connectivity index (χ2v) is 7.52. The van der Waals surface area contributed by atoms with Crippen LogP contribution in [0.25, 0.3) is 0 Å². The van der Waals surface area contributed by atoms with E-state index in [0.717, 1.165) is 38.2 Å². The number of aromatic nitrogens is 1. The largest absolute Gasteiger partial charge is 0.444 e. The van der Waals surface area contributed by atoms with E-state index in [9.17, 15) is 4.79 Å². The molecule has 1 aromatic rings. The summed E-state index contributed by atoms with van der Waals surface area (Å²) in [7, 11) is 1.81. The van der Waals surface area contributed by atoms with Gasteiger partial charge in [0.1, 0.15) is 10.8 Å². The molecule has 1 amide bonds. The van der Waals surface area contributed by atoms with Crippen molar-refractivity contribution in [1.29, 1.82) is 0 Å². The monoisotopic (exact) mass is 339 g/mol. The normalized spacial score (nSPS) is 16.3. The third-order valence-electron chi connectivity index (χ3n) is 3.93. The second-order valence-electron chi connectivity index (χ2n) is 7.13. The van der Waals surface area contributed by atoms with Gasteiger partial charge >= 0.3 is 6.09 Å². The predicted molar refractivity (Wildman–Crippen MR) is 93.0 cm³/mol. The fourth-order valence-electron chi connectivity index (χ4n) is 2.76. The Morgan fingerprint density at radius 2 is 2.09 bits per heavy atom. The molecule has 1 aliphatic heterocycles. The van der Waals surface area contributed by atoms with Crippen molar-refractivity contribution in [3.63, 3.8) is 0 Å². The summed E-state index contributed by atoms with van der Waals surface area (Å²) in [5, 5.41) is 0.522. The molecule has 6 heteroatoms. The van der Waals surface area contributed by atoms with Crippen molar-refractivity contribution in [2.75, 3.05) is 31.6 Å². The summed E-state index contributed by atoms with van der Waals surface area (Å²) in [6.45, 7) is 8.32. The lowest BCUT2D eigenvalue weighted by Gasteiger charge is -2.35. The fraction of sp³-hybridized carbons (Fsp3) is 0.647. The summed E-state index contributed by atoms with van der Waals surface area (Å²) in [6, 6.07) is 3.88. The number of hydrogen-bond acceptors (Lipinski definition) is 4. The molecule has 1 saturated heterocycles. The average molecular weight is 340 g/mol. The van der Waals surface area contributed by atoms with E-state index < -0.39 is 5.60 Å². The number of pyridine rings is 1. The summed E-state index contributed by atoms with van der Waals surface area (Å²) in [5.41, 5.74) is 0.666. The lowest BCUT2D eigenvalue weighted by molar-refractivity contribution is 0.0266. The molecule has 23 heavy (non-hydrogen) atoms. The van der Waals surface area contributed by atoms with Gasteiger partial charge in [-0.05, 0) is 51.7 Å². The minimum Gasteiger partial charge on any atom is -0.444 e. The topological polar surface area (TPSA) is 45.7 Å². The zero-order chi connectivity index (χ0) is 17.0. The van der Waals surface area contributed by atoms with E-state index in [0.29, 0.717) is 11.1 Å². The summed E-state index contributed by atoms with van der Waals surface area (Å²) in [4.78, 5) is 20.1. The maximum absolute atomic E-state index is 12.0. The Hall–Kier alpha value is -1.49. The van der Waals surface area contributed by atoms with E-state index in [1.807, 2.05) is 40.0 Å². The van der Waals surface area contributed by atoms with Crippen LogP contribution >= 0.6 is 11.6 Å². The molecule has 1 aliphatic rings. The van der Waals surface area contributed by atoms with E-state index in [1.165, 1.54) is 0 Å². The van der Waals surface area contributed by atoms with Crippen LogP contribution in [-0.4, -0.2) is 48.3 Å². The van der Waals surface area contributed by atoms with Crippen molar-refractivity contribution in [1.82, 2.24) is 9.88 Å². The predicted octanol–water partition coefficient (Wildman–Crippen LogP) is 3.82. The van der Waals surface area contributed by atoms with Gasteiger partial charge in [0, 0.05) is 38.6 Å². The first kappa shape index (κ1) is 17.9. The molecule has 2 heterocycles. The first-order valence-electron chi connectivity index (χ1n) is 8.05. The maximum Gasteiger partial charge on any atom is 0.410 e. The average Bonchev–Trinajstić information content (AvgIpc) is 2.46. The SMILES string of the molecule is CN(CC1CCN(c2ccnc(Cl)c2)CC1)C(=O)OC(C)(C)C. The van der Waals surface area contributed by atoms with Crippen molar-refractivity contribution in [3.8, 4) is 0 Å². The van der Waals surface area contributed by atoms with Crippen LogP contribution in [0.5, 0.6) is 0 Å². The van der Waals surface area contributed by atoms with Crippen LogP contribution in [0.4, 0.5) is 10.5 Å². The molecule has 0 spiro atoms. The maximum atomic E-state index is 12.0. The standard InChI is InChI=1S/C17H26ClN3O2/c1-17(2,3)23-16(22)20(4)12-13-6-9-21(10-7-13)14-5-8-19-15(18)11-14/h5,8,11,13H,6-7,9-10,12H2,1-4H3. The number of ether oxygens (including phenoxy) is 1. The number of nitrogens with zero attached hydrogens (tertiary/aromatic N) is 3. The highest BCUT2D eigenvalue weighted by atomic mass is 35.5. The van der Waals surface area contributed by atoms with Crippen LogP contribution in [0.15, 0.2) is 18.3 Å². The number of anilines is 1. The smallest absolute Gasteiger partial charge is 0.410 e. The minimum absolute atomic E-state index is 0.249. The summed E-state index contributed by atoms with van der Waals surface area (Å²) in [5.74, 6) is 0.501. The van der Waals surface area contributed by atoms with Crippen molar-refractivity contribution in [3.05, 3.63) is 23.5 Å². The number of piperidine rings is 1. The van der Waals surface area contributed by atoms with Crippen molar-refractivity contribution in [2.24, 2.45) is 5.92 Å². The van der Waals surface area contributed by atoms with Gasteiger partial charge in [0.05, 0.1) is 0 Å². The van der Waals surface area contributed by atoms with Crippen LogP contribution < -0.4 is 4.90 Å². The highest BCUT2D eigenvalue weighted by molar-refractivity contribution is 6.29. The van der Waals surface area contributed by atoms with E-state index in [1.54, 1.807) is 11.1 Å². The number of hydrogen-bond donors (Lipinski definition) is 0. The lowest BCUT2D eigenvalue weighted by atomic mass is 9.96. The second kappa shape index (κ2) is 7.39. The molecular formula is C17H26ClN3O2. The highest BCUT2D eigenvalue weighted by Gasteiger charge is 2.25. The van der Waals surface area contributed by atoms with E-state index in [2.05, 4.69) is 9.88 Å². The molecular weight excluding hydrogens is 314 g/mol. The van der Waals surface area contributed by atoms with E-state index >= 15 is 0 Å². The van der Waals surface area contributed by atoms with Gasteiger partial charge in [0.25, 0.3) is 0 Å². The zero-order valence-corrected chi connectivity index (χ0v) is 15.1. The van der Waals surface area contributed by atoms with Crippen LogP contribution in [0, 0.1) is 5.92 Å². The van der Waals surface area contributed by atoms with Crippen LogP contribution in [0.3, 0.4) is 0 Å². The number of carbonyl (C=O) groups is 1. The van der Waals surface area contributed by atoms with Gasteiger partial charge < -0.3 is 14.5 Å². The lowest BCUT2D eigenvalue weighted by Crippen LogP contribution is -2.41. The Bertz CT molecular complexity index is 537. The van der Waals surface area contributed by atoms with Gasteiger partial charge in [-0.25, -0.2) is 9.78 Å². The van der Waals surface area contributed by atoms with Crippen molar-refractivity contribution in [2.45, 2.75) is 39.2 Å². The Morgan fingerprint density at radius 1 is 1.43 bits per heavy atom. The van der Waals surface area contributed by atoms with E-state index in [4.69, 9.17) is 16.3 Å². The highest BCUT2D eigenvalue weighted by Crippen LogP contribution is 2.25. The molecule has 0 bridgehead atoms. The first-order valence-corrected chi connectivity index (χ1v) is 8.43. The van der Waals surface area contributed by atoms with Gasteiger partial charge in [0.15, 0.2) is 0 Å². The van der Waals surface area contributed by atoms with Gasteiger partial charge in [-0.2, -0.15) is 0 Å². The summed E-state index contributed by atoms with van der Waals surface area (Å²) >= 11 is 5.95. The Morgan fingerprint density at radius 3 is 2.65 bits per heavy atom. The van der Waals surface area contributed by atoms with Gasteiger partial charge in [-0.3, -0.25) is 0 Å². The van der Waals surface area contributed by atoms with Crippen LogP contribution in [0.2, 0.25) is 5.15 Å². The summed E-state index contributed by atoms with van der Waals surface area (Å²) < 4.78 is 5.40. The fourth-order valence-corrected chi connectivity index (χ4v) is 2.93. The number of rotatable bonds is 3. The third kappa shape index (κ3) is 5.57. The molecule has 0 unspecified atom stereocenters. The van der Waals surface area contributed by atoms with Gasteiger partial charge in [-0.1, -0.05) is 11.6 Å². The van der Waals surface area contributed by atoms with Gasteiger partial charge in [-0.15, -0.1) is 0 Å². The third-order valence-corrected chi connectivity index (χ3v) is 4.13. The zero-order valence-electron chi connectivity index (χ0n) is 14.4. The summed E-state index contributed by atoms with van der Waals surface area (Å²) in [6.07, 6.45) is 3.58. The Balaban J connectivity index is 1.81. The number of halogens is 1. The number of amides is 1. The molecule has 0 N–H and O–H groups in total. The molecule has 2 rings (SSSR count). The molecule has 0 aliphatic carbocycles. The first-order chi connectivity index (χ1) is 10.7. The van der Waals surface area contributed by atoms with Gasteiger partial charge in [0.2, 0.25) is 0 Å². The molecule has 0 saturated carbocycles. The van der Waals surface area contributed by atoms with Crippen molar-refractivity contribution >= 4 is 23.4 Å². The molecule has 1 aromatic heterocycles. The molecule has 0 radical (unpaired) electrons. The van der Waals surface area contributed by atoms with E-state index in [-0.39, 0.29) is 6.09 Å². The Kier molecular flexibility index (Phi) is 5.74. The quantitative estimate of drug-likeness (QED) is 0.785. The van der Waals surface area contributed by atoms with Crippen molar-refractivity contribution < 1.29 is 9.53 Å². The van der Waals surface area contributed by atoms with Crippen LogP contribution in [0.1, 0.15) is 33.6 Å². The molecule has 128 valence electrons. The molecule has 1 fully saturated rings. The molecule has 0 aromatic carbocycles. The minimum atomic E-state index is -0.449. The molecule has 0 atom stereocenters. The number of carbonyl (C=O) groups excluding carboxylic acids is 1. The van der Waals surface area contributed by atoms with Crippen LogP contribution in [-0.2, 0) is 4.74 Å². The molecule has 5 nitrogen and oxygen atoms in total. The Labute approximate surface area is 143 Å².